The monoisotopic (exact) mass is 385 g/mol. The minimum absolute atomic E-state index is 0.00426. The first-order valence-corrected chi connectivity index (χ1v) is 8.43. The number of anilines is 1. The summed E-state index contributed by atoms with van der Waals surface area (Å²) >= 11 is 6.30. The number of carboxylic acids is 1. The third kappa shape index (κ3) is 3.48. The maximum absolute atomic E-state index is 12.6. The van der Waals surface area contributed by atoms with Gasteiger partial charge in [0.15, 0.2) is 4.32 Å². The number of carboxylic acid groups (broad SMARTS) is 1. The molecule has 0 aliphatic carbocycles. The van der Waals surface area contributed by atoms with Crippen molar-refractivity contribution >= 4 is 57.6 Å². The summed E-state index contributed by atoms with van der Waals surface area (Å²) < 4.78 is 0.283. The van der Waals surface area contributed by atoms with Crippen LogP contribution in [0.25, 0.3) is 6.08 Å². The number of non-ortho nitro benzene ring substituents is 1. The van der Waals surface area contributed by atoms with Crippen LogP contribution in [0.1, 0.15) is 15.9 Å². The number of hydrogen-bond donors (Lipinski definition) is 0. The third-order valence-corrected chi connectivity index (χ3v) is 4.83. The van der Waals surface area contributed by atoms with Crippen molar-refractivity contribution in [1.82, 2.24) is 0 Å². The second-order valence-corrected chi connectivity index (χ2v) is 6.88. The number of aromatic carboxylic acids is 1. The number of carbonyl (C=O) groups is 2. The standard InChI is InChI=1S/C17H10N2O5S2/c20-15-14(9-10-2-1-3-11(8-10)16(21)22)26-17(25)18(15)12-4-6-13(7-5-12)19(23)24/h1-9H,(H,21,22)/p-1/b14-9+. The van der Waals surface area contributed by atoms with Gasteiger partial charge < -0.3 is 9.90 Å². The lowest BCUT2D eigenvalue weighted by molar-refractivity contribution is -0.384. The fraction of sp³-hybridized carbons (Fsp3) is 0. The summed E-state index contributed by atoms with van der Waals surface area (Å²) in [5, 5.41) is 21.7. The fourth-order valence-corrected chi connectivity index (χ4v) is 3.62. The highest BCUT2D eigenvalue weighted by Crippen LogP contribution is 2.36. The van der Waals surface area contributed by atoms with E-state index >= 15 is 0 Å². The molecule has 1 aliphatic heterocycles. The van der Waals surface area contributed by atoms with Crippen molar-refractivity contribution in [3.63, 3.8) is 0 Å². The second-order valence-electron chi connectivity index (χ2n) is 5.20. The van der Waals surface area contributed by atoms with Crippen molar-refractivity contribution < 1.29 is 19.6 Å². The molecule has 0 spiro atoms. The van der Waals surface area contributed by atoms with Crippen LogP contribution >= 0.6 is 24.0 Å². The molecular formula is C17H9N2O5S2-. The molecule has 1 saturated heterocycles. The van der Waals surface area contributed by atoms with Crippen LogP contribution in [0, 0.1) is 10.1 Å². The topological polar surface area (TPSA) is 104 Å². The van der Waals surface area contributed by atoms with Crippen molar-refractivity contribution in [3.8, 4) is 0 Å². The average molecular weight is 385 g/mol. The number of amides is 1. The Morgan fingerprint density at radius 1 is 1.19 bits per heavy atom. The second kappa shape index (κ2) is 7.06. The first-order valence-electron chi connectivity index (χ1n) is 7.20. The predicted molar refractivity (Wildman–Crippen MR) is 99.5 cm³/mol. The molecule has 9 heteroatoms. The van der Waals surface area contributed by atoms with Crippen LogP contribution in [0.15, 0.2) is 53.4 Å². The quantitative estimate of drug-likeness (QED) is 0.344. The first kappa shape index (κ1) is 17.8. The van der Waals surface area contributed by atoms with E-state index in [0.29, 0.717) is 16.2 Å². The summed E-state index contributed by atoms with van der Waals surface area (Å²) in [7, 11) is 0. The molecule has 0 N–H and O–H groups in total. The van der Waals surface area contributed by atoms with Gasteiger partial charge >= 0.3 is 0 Å². The largest absolute Gasteiger partial charge is 0.545 e. The van der Waals surface area contributed by atoms with Crippen molar-refractivity contribution in [2.24, 2.45) is 0 Å². The summed E-state index contributed by atoms with van der Waals surface area (Å²) in [5.41, 5.74) is 0.860. The number of hydrogen-bond acceptors (Lipinski definition) is 7. The van der Waals surface area contributed by atoms with E-state index < -0.39 is 10.9 Å². The Balaban J connectivity index is 1.90. The molecule has 0 aromatic heterocycles. The zero-order valence-electron chi connectivity index (χ0n) is 12.9. The van der Waals surface area contributed by atoms with Crippen LogP contribution in [-0.2, 0) is 4.79 Å². The summed E-state index contributed by atoms with van der Waals surface area (Å²) in [6.45, 7) is 0. The zero-order valence-corrected chi connectivity index (χ0v) is 14.6. The Bertz CT molecular complexity index is 969. The lowest BCUT2D eigenvalue weighted by Crippen LogP contribution is -2.27. The Kier molecular flexibility index (Phi) is 4.83. The van der Waals surface area contributed by atoms with Crippen molar-refractivity contribution in [2.45, 2.75) is 0 Å². The predicted octanol–water partition coefficient (Wildman–Crippen LogP) is 2.36. The van der Waals surface area contributed by atoms with Gasteiger partial charge in [0.2, 0.25) is 0 Å². The number of nitrogens with zero attached hydrogens (tertiary/aromatic N) is 2. The lowest BCUT2D eigenvalue weighted by atomic mass is 10.1. The molecule has 26 heavy (non-hydrogen) atoms. The highest BCUT2D eigenvalue weighted by molar-refractivity contribution is 8.27. The number of carbonyl (C=O) groups excluding carboxylic acids is 2. The Hall–Kier alpha value is -3.04. The van der Waals surface area contributed by atoms with Gasteiger partial charge in [-0.05, 0) is 35.4 Å². The van der Waals surface area contributed by atoms with Gasteiger partial charge in [0.05, 0.1) is 21.5 Å². The minimum atomic E-state index is -1.31. The van der Waals surface area contributed by atoms with Crippen LogP contribution in [0.2, 0.25) is 0 Å². The van der Waals surface area contributed by atoms with Crippen molar-refractivity contribution in [1.29, 1.82) is 0 Å². The van der Waals surface area contributed by atoms with Crippen molar-refractivity contribution in [3.05, 3.63) is 74.7 Å². The molecule has 2 aromatic rings. The summed E-state index contributed by atoms with van der Waals surface area (Å²) in [5.74, 6) is -1.69. The van der Waals surface area contributed by atoms with E-state index in [-0.39, 0.29) is 21.5 Å². The number of thioether (sulfide) groups is 1. The third-order valence-electron chi connectivity index (χ3n) is 3.53. The fourth-order valence-electron chi connectivity index (χ4n) is 2.32. The molecule has 1 amide bonds. The van der Waals surface area contributed by atoms with E-state index in [1.807, 2.05) is 0 Å². The Morgan fingerprint density at radius 2 is 1.88 bits per heavy atom. The maximum atomic E-state index is 12.6. The van der Waals surface area contributed by atoms with Crippen LogP contribution in [0.5, 0.6) is 0 Å². The van der Waals surface area contributed by atoms with E-state index in [9.17, 15) is 24.8 Å². The number of thiocarbonyl (C=S) groups is 1. The molecular weight excluding hydrogens is 376 g/mol. The lowest BCUT2D eigenvalue weighted by Gasteiger charge is -2.13. The van der Waals surface area contributed by atoms with Crippen LogP contribution in [-0.4, -0.2) is 21.1 Å². The van der Waals surface area contributed by atoms with Crippen LogP contribution < -0.4 is 10.0 Å². The summed E-state index contributed by atoms with van der Waals surface area (Å²) in [6.07, 6.45) is 1.54. The minimum Gasteiger partial charge on any atom is -0.545 e. The highest BCUT2D eigenvalue weighted by Gasteiger charge is 2.33. The average Bonchev–Trinajstić information content (AvgIpc) is 2.89. The molecule has 2 aromatic carbocycles. The summed E-state index contributed by atoms with van der Waals surface area (Å²) in [6, 6.07) is 11.5. The van der Waals surface area contributed by atoms with E-state index in [4.69, 9.17) is 12.2 Å². The zero-order chi connectivity index (χ0) is 18.8. The molecule has 0 atom stereocenters. The van der Waals surface area contributed by atoms with Gasteiger partial charge in [-0.1, -0.05) is 42.2 Å². The van der Waals surface area contributed by atoms with Gasteiger partial charge in [-0.3, -0.25) is 19.8 Å². The number of nitro groups is 1. The molecule has 130 valence electrons. The molecule has 0 unspecified atom stereocenters. The molecule has 0 bridgehead atoms. The molecule has 1 heterocycles. The molecule has 0 radical (unpaired) electrons. The molecule has 0 saturated carbocycles. The molecule has 3 rings (SSSR count). The van der Waals surface area contributed by atoms with E-state index in [2.05, 4.69) is 0 Å². The van der Waals surface area contributed by atoms with Gasteiger partial charge in [0.1, 0.15) is 0 Å². The molecule has 1 fully saturated rings. The smallest absolute Gasteiger partial charge is 0.270 e. The van der Waals surface area contributed by atoms with Gasteiger partial charge in [-0.25, -0.2) is 0 Å². The van der Waals surface area contributed by atoms with Crippen LogP contribution in [0.4, 0.5) is 11.4 Å². The summed E-state index contributed by atoms with van der Waals surface area (Å²) in [4.78, 5) is 35.4. The maximum Gasteiger partial charge on any atom is 0.270 e. The van der Waals surface area contributed by atoms with Gasteiger partial charge in [0, 0.05) is 12.1 Å². The number of benzene rings is 2. The normalized spacial score (nSPS) is 15.5. The van der Waals surface area contributed by atoms with Gasteiger partial charge in [0.25, 0.3) is 11.6 Å². The van der Waals surface area contributed by atoms with E-state index in [1.165, 1.54) is 47.4 Å². The molecule has 1 aliphatic rings. The number of nitro benzene ring substituents is 1. The Morgan fingerprint density at radius 3 is 2.50 bits per heavy atom. The Labute approximate surface area is 157 Å². The first-order chi connectivity index (χ1) is 12.4. The van der Waals surface area contributed by atoms with Crippen molar-refractivity contribution in [2.75, 3.05) is 4.90 Å². The molecule has 7 nitrogen and oxygen atoms in total. The number of rotatable bonds is 4. The van der Waals surface area contributed by atoms with Gasteiger partial charge in [-0.2, -0.15) is 0 Å². The SMILES string of the molecule is O=C([O-])c1cccc(/C=C2/SC(=S)N(c3ccc([N+](=O)[O-])cc3)C2=O)c1. The highest BCUT2D eigenvalue weighted by atomic mass is 32.2. The van der Waals surface area contributed by atoms with Gasteiger partial charge in [-0.15, -0.1) is 0 Å². The van der Waals surface area contributed by atoms with E-state index in [0.717, 1.165) is 11.8 Å². The van der Waals surface area contributed by atoms with E-state index in [1.54, 1.807) is 12.1 Å². The van der Waals surface area contributed by atoms with Crippen LogP contribution in [0.3, 0.4) is 0 Å².